The predicted octanol–water partition coefficient (Wildman–Crippen LogP) is 1.51. The summed E-state index contributed by atoms with van der Waals surface area (Å²) in [6, 6.07) is 0. The summed E-state index contributed by atoms with van der Waals surface area (Å²) in [5.74, 6) is 0.265. The summed E-state index contributed by atoms with van der Waals surface area (Å²) >= 11 is 5.16. The van der Waals surface area contributed by atoms with E-state index < -0.39 is 22.6 Å². The second-order valence-electron chi connectivity index (χ2n) is 4.77. The summed E-state index contributed by atoms with van der Waals surface area (Å²) in [5.41, 5.74) is 6.73. The number of imidazole rings is 1. The maximum absolute atomic E-state index is 12.2. The molecule has 2 aromatic heterocycles. The van der Waals surface area contributed by atoms with Crippen LogP contribution in [0.15, 0.2) is 12.7 Å². The number of nitrogens with zero attached hydrogens (tertiary/aromatic N) is 4. The highest BCUT2D eigenvalue weighted by Gasteiger charge is 2.36. The van der Waals surface area contributed by atoms with Gasteiger partial charge in [0, 0.05) is 20.8 Å². The number of fused-ring (bicyclic) bond motifs is 1. The third-order valence-electron chi connectivity index (χ3n) is 3.07. The Hall–Kier alpha value is -0.780. The van der Waals surface area contributed by atoms with Crippen molar-refractivity contribution < 1.29 is 36.4 Å². The Morgan fingerprint density at radius 1 is 1.33 bits per heavy atom. The van der Waals surface area contributed by atoms with Gasteiger partial charge in [0.1, 0.15) is 18.2 Å². The van der Waals surface area contributed by atoms with Crippen LogP contribution in [0.3, 0.4) is 0 Å². The summed E-state index contributed by atoms with van der Waals surface area (Å²) in [6.07, 6.45) is 2.62. The quantitative estimate of drug-likeness (QED) is 0.365. The number of nitrogen functional groups attached to an aromatic ring is 1. The number of hydrogen-bond donors (Lipinski definition) is 2. The molecule has 0 fully saturated rings. The van der Waals surface area contributed by atoms with Crippen molar-refractivity contribution in [3.05, 3.63) is 12.7 Å². The molecule has 13 nitrogen and oxygen atoms in total. The van der Waals surface area contributed by atoms with Crippen LogP contribution >= 0.6 is 22.6 Å². The first kappa shape index (κ1) is 22.5. The molecule has 27 heavy (non-hydrogen) atoms. The number of rotatable bonds is 11. The summed E-state index contributed by atoms with van der Waals surface area (Å²) in [7, 11) is -5.72. The van der Waals surface area contributed by atoms with Crippen molar-refractivity contribution in [2.24, 2.45) is 0 Å². The minimum absolute atomic E-state index is 0.162. The lowest BCUT2D eigenvalue weighted by Crippen LogP contribution is -2.08. The van der Waals surface area contributed by atoms with Gasteiger partial charge in [0.2, 0.25) is 6.49 Å². The van der Waals surface area contributed by atoms with Crippen LogP contribution in [0.5, 0.6) is 0 Å². The van der Waals surface area contributed by atoms with E-state index in [1.54, 1.807) is 4.57 Å². The second-order valence-corrected chi connectivity index (χ2v) is 11.5. The standard InChI is InChI=1S/C10H18N5O8P3S/c1-19-25(27,23-26(18,20-2)22-24(16)17)7-21-4-3-15-6-14-8-9(11)12-5-13-10(8)15/h5-6,24H,3-4,7H2,1-2H3,(H,16,17)(H2,11,12,13). The van der Waals surface area contributed by atoms with Gasteiger partial charge in [0.05, 0.1) is 12.9 Å². The highest BCUT2D eigenvalue weighted by atomic mass is 32.5. The van der Waals surface area contributed by atoms with Gasteiger partial charge >= 0.3 is 16.1 Å². The number of ether oxygens (including phenoxy) is 1. The molecule has 3 N–H and O–H groups in total. The molecule has 0 radical (unpaired) electrons. The van der Waals surface area contributed by atoms with Gasteiger partial charge in [-0.1, -0.05) is 0 Å². The van der Waals surface area contributed by atoms with Gasteiger partial charge in [-0.2, -0.15) is 0 Å². The van der Waals surface area contributed by atoms with Crippen molar-refractivity contribution in [2.45, 2.75) is 6.54 Å². The Kier molecular flexibility index (Phi) is 8.02. The predicted molar refractivity (Wildman–Crippen MR) is 99.9 cm³/mol. The van der Waals surface area contributed by atoms with Gasteiger partial charge in [-0.25, -0.2) is 28.1 Å². The summed E-state index contributed by atoms with van der Waals surface area (Å²) in [5, 5.41) is 0. The fourth-order valence-corrected chi connectivity index (χ4v) is 6.70. The first-order valence-corrected chi connectivity index (χ1v) is 12.7. The highest BCUT2D eigenvalue weighted by Crippen LogP contribution is 2.67. The molecule has 0 amide bonds. The molecule has 0 saturated heterocycles. The van der Waals surface area contributed by atoms with Crippen LogP contribution in [0.4, 0.5) is 5.82 Å². The van der Waals surface area contributed by atoms with Gasteiger partial charge in [-0.3, -0.25) is 9.09 Å². The monoisotopic (exact) mass is 461 g/mol. The molecule has 0 saturated carbocycles. The van der Waals surface area contributed by atoms with E-state index in [9.17, 15) is 9.13 Å². The number of aromatic nitrogens is 4. The van der Waals surface area contributed by atoms with Crippen molar-refractivity contribution in [1.29, 1.82) is 0 Å². The van der Waals surface area contributed by atoms with Gasteiger partial charge in [0.25, 0.3) is 0 Å². The van der Waals surface area contributed by atoms with E-state index in [0.717, 1.165) is 7.11 Å². The fraction of sp³-hybridized carbons (Fsp3) is 0.500. The van der Waals surface area contributed by atoms with Gasteiger partial charge in [-0.05, 0) is 11.8 Å². The van der Waals surface area contributed by atoms with Crippen LogP contribution < -0.4 is 5.73 Å². The molecule has 2 heterocycles. The Labute approximate surface area is 159 Å². The third-order valence-corrected chi connectivity index (χ3v) is 9.25. The van der Waals surface area contributed by atoms with Crippen LogP contribution in [0.25, 0.3) is 11.2 Å². The molecule has 0 aromatic carbocycles. The molecule has 2 aromatic rings. The van der Waals surface area contributed by atoms with Crippen LogP contribution in [0.2, 0.25) is 0 Å². The largest absolute Gasteiger partial charge is 0.487 e. The van der Waals surface area contributed by atoms with Gasteiger partial charge in [0.15, 0.2) is 11.5 Å². The van der Waals surface area contributed by atoms with Crippen molar-refractivity contribution >= 4 is 51.4 Å². The Bertz CT molecular complexity index is 910. The van der Waals surface area contributed by atoms with E-state index in [1.165, 1.54) is 19.8 Å². The molecule has 3 unspecified atom stereocenters. The topological polar surface area (TPSA) is 170 Å². The van der Waals surface area contributed by atoms with Crippen LogP contribution in [-0.4, -0.2) is 51.6 Å². The third kappa shape index (κ3) is 6.10. The summed E-state index contributed by atoms with van der Waals surface area (Å²) < 4.78 is 49.0. The van der Waals surface area contributed by atoms with E-state index in [2.05, 4.69) is 23.8 Å². The number of phosphoric acid groups is 1. The first-order valence-electron chi connectivity index (χ1n) is 7.15. The van der Waals surface area contributed by atoms with E-state index >= 15 is 0 Å². The lowest BCUT2D eigenvalue weighted by Gasteiger charge is -2.23. The highest BCUT2D eigenvalue weighted by molar-refractivity contribution is 8.11. The molecular formula is C10H18N5O8P3S. The van der Waals surface area contributed by atoms with Gasteiger partial charge < -0.3 is 24.5 Å². The molecule has 2 rings (SSSR count). The average Bonchev–Trinajstić information content (AvgIpc) is 3.02. The van der Waals surface area contributed by atoms with E-state index in [4.69, 9.17) is 36.0 Å². The normalized spacial score (nSPS) is 17.4. The number of anilines is 1. The van der Waals surface area contributed by atoms with Crippen LogP contribution in [0.1, 0.15) is 0 Å². The molecule has 0 spiro atoms. The molecule has 0 aliphatic rings. The molecular weight excluding hydrogens is 443 g/mol. The Morgan fingerprint density at radius 2 is 2.07 bits per heavy atom. The zero-order chi connectivity index (χ0) is 20.1. The second kappa shape index (κ2) is 9.62. The maximum Gasteiger partial charge on any atom is 0.487 e. The van der Waals surface area contributed by atoms with Gasteiger partial charge in [-0.15, -0.1) is 0 Å². The number of hydrogen-bond acceptors (Lipinski definition) is 12. The van der Waals surface area contributed by atoms with Crippen LogP contribution in [0, 0.1) is 0 Å². The SMILES string of the molecule is COP(=O)(O[PH](=O)O)OP(=S)(COCCn1cnc2c(N)ncnc21)OC. The zero-order valence-corrected chi connectivity index (χ0v) is 17.9. The summed E-state index contributed by atoms with van der Waals surface area (Å²) in [4.78, 5) is 20.9. The molecule has 0 aliphatic carbocycles. The average molecular weight is 461 g/mol. The molecule has 0 aliphatic heterocycles. The minimum atomic E-state index is -4.35. The first-order chi connectivity index (χ1) is 12.7. The lowest BCUT2D eigenvalue weighted by molar-refractivity contribution is 0.152. The molecule has 3 atom stereocenters. The molecule has 17 heteroatoms. The smallest absolute Gasteiger partial charge is 0.382 e. The number of nitrogens with two attached hydrogens (primary N) is 1. The minimum Gasteiger partial charge on any atom is -0.382 e. The molecule has 152 valence electrons. The zero-order valence-electron chi connectivity index (χ0n) is 14.2. The van der Waals surface area contributed by atoms with E-state index in [0.29, 0.717) is 17.7 Å². The van der Waals surface area contributed by atoms with Crippen LogP contribution in [-0.2, 0) is 49.9 Å². The lowest BCUT2D eigenvalue weighted by atomic mass is 10.5. The van der Waals surface area contributed by atoms with Crippen molar-refractivity contribution in [3.8, 4) is 0 Å². The Balaban J connectivity index is 1.95. The van der Waals surface area contributed by atoms with E-state index in [1.807, 2.05) is 0 Å². The van der Waals surface area contributed by atoms with Crippen molar-refractivity contribution in [2.75, 3.05) is 32.9 Å². The Morgan fingerprint density at radius 3 is 2.70 bits per heavy atom. The van der Waals surface area contributed by atoms with Crippen molar-refractivity contribution in [1.82, 2.24) is 19.5 Å². The van der Waals surface area contributed by atoms with E-state index in [-0.39, 0.29) is 18.8 Å². The maximum atomic E-state index is 12.2. The molecule has 0 bridgehead atoms. The fourth-order valence-electron chi connectivity index (χ4n) is 1.85. The van der Waals surface area contributed by atoms with Crippen molar-refractivity contribution in [3.63, 3.8) is 0 Å². The summed E-state index contributed by atoms with van der Waals surface area (Å²) in [6.45, 7) is -2.75.